The lowest BCUT2D eigenvalue weighted by atomic mass is 10.2. The van der Waals surface area contributed by atoms with Gasteiger partial charge in [-0.3, -0.25) is 9.59 Å². The van der Waals surface area contributed by atoms with Crippen molar-refractivity contribution in [2.45, 2.75) is 13.8 Å². The van der Waals surface area contributed by atoms with Crippen molar-refractivity contribution in [1.29, 1.82) is 0 Å². The fourth-order valence-corrected chi connectivity index (χ4v) is 2.64. The molecule has 0 aliphatic rings. The Morgan fingerprint density at radius 1 is 1.38 bits per heavy atom. The summed E-state index contributed by atoms with van der Waals surface area (Å²) >= 11 is 0. The van der Waals surface area contributed by atoms with Gasteiger partial charge in [0.1, 0.15) is 0 Å². The summed E-state index contributed by atoms with van der Waals surface area (Å²) in [7, 11) is -1.67. The molecule has 3 nitrogen and oxygen atoms in total. The van der Waals surface area contributed by atoms with Crippen molar-refractivity contribution in [2.24, 2.45) is 0 Å². The van der Waals surface area contributed by atoms with Gasteiger partial charge in [-0.1, -0.05) is 16.9 Å². The van der Waals surface area contributed by atoms with E-state index in [2.05, 4.69) is 0 Å². The number of hydrogen-bond acceptors (Lipinski definition) is 2. The van der Waals surface area contributed by atoms with Crippen molar-refractivity contribution in [3.05, 3.63) is 28.5 Å². The smallest absolute Gasteiger partial charge is 0.294 e. The van der Waals surface area contributed by atoms with E-state index in [-0.39, 0.29) is 5.78 Å². The minimum Gasteiger partial charge on any atom is -0.482 e. The number of aryl methyl sites for hydroxylation is 1. The molecule has 13 heavy (non-hydrogen) atoms. The van der Waals surface area contributed by atoms with Crippen LogP contribution in [0.15, 0.2) is 17.4 Å². The Kier molecular flexibility index (Phi) is 2.72. The highest BCUT2D eigenvalue weighted by atomic mass is 28.2. The summed E-state index contributed by atoms with van der Waals surface area (Å²) in [6, 6.07) is 1.72. The Balaban J connectivity index is 3.26. The molecule has 0 aromatic carbocycles. The number of rotatable bonds is 2. The van der Waals surface area contributed by atoms with E-state index in [1.165, 1.54) is 6.92 Å². The van der Waals surface area contributed by atoms with E-state index < -0.39 is 14.0 Å². The van der Waals surface area contributed by atoms with Crippen LogP contribution in [-0.2, 0) is 0 Å². The zero-order valence-corrected chi connectivity index (χ0v) is 8.50. The first-order chi connectivity index (χ1) is 6.00. The summed E-state index contributed by atoms with van der Waals surface area (Å²) in [5.74, 6) is -0.0730. The monoisotopic (exact) mass is 194 g/mol. The third-order valence-corrected chi connectivity index (χ3v) is 3.61. The molecular formula is C9H10O3Si. The minimum absolute atomic E-state index is 0.0730. The van der Waals surface area contributed by atoms with Crippen LogP contribution in [0.5, 0.6) is 0 Å². The molecule has 4 heteroatoms. The molecule has 0 aliphatic heterocycles. The number of Topliss-reactive ketones (excluding diaryl/α,β-unsaturated/α-hetero) is 1. The Morgan fingerprint density at radius 3 is 2.46 bits per heavy atom. The first kappa shape index (κ1) is 9.79. The van der Waals surface area contributed by atoms with Crippen molar-refractivity contribution in [3.63, 3.8) is 0 Å². The summed E-state index contributed by atoms with van der Waals surface area (Å²) in [5.41, 5.74) is 3.86. The van der Waals surface area contributed by atoms with Gasteiger partial charge in [0, 0.05) is 5.56 Å². The summed E-state index contributed by atoms with van der Waals surface area (Å²) < 4.78 is 0. The third kappa shape index (κ3) is 2.32. The summed E-state index contributed by atoms with van der Waals surface area (Å²) in [6.45, 7) is 3.26. The Labute approximate surface area is 77.6 Å². The lowest BCUT2D eigenvalue weighted by Gasteiger charge is -2.00. The second-order valence-electron chi connectivity index (χ2n) is 2.95. The van der Waals surface area contributed by atoms with E-state index in [4.69, 9.17) is 5.11 Å². The predicted molar refractivity (Wildman–Crippen MR) is 50.6 cm³/mol. The van der Waals surface area contributed by atoms with Crippen LogP contribution in [-0.4, -0.2) is 24.9 Å². The van der Waals surface area contributed by atoms with Gasteiger partial charge in [-0.15, -0.1) is 0 Å². The molecule has 1 N–H and O–H groups in total. The van der Waals surface area contributed by atoms with Gasteiger partial charge in [0.25, 0.3) is 5.59 Å². The SMILES string of the molecule is CC(=O)c1cc(C)c[si](C(=O)O)c1. The molecule has 1 rings (SSSR count). The number of hydrogen-bond donors (Lipinski definition) is 1. The normalized spacial score (nSPS) is 9.69. The van der Waals surface area contributed by atoms with Gasteiger partial charge in [-0.25, -0.2) is 0 Å². The molecule has 0 unspecified atom stereocenters. The predicted octanol–water partition coefficient (Wildman–Crippen LogP) is 1.75. The standard InChI is InChI=1S/C9H10O3Si/c1-6-3-8(7(2)10)5-13(4-6)9(11)12/h3-5H,1-2H3,(H,11,12). The van der Waals surface area contributed by atoms with Gasteiger partial charge in [-0.05, 0) is 19.9 Å². The first-order valence-electron chi connectivity index (χ1n) is 3.86. The highest BCUT2D eigenvalue weighted by Crippen LogP contribution is 2.04. The van der Waals surface area contributed by atoms with E-state index in [0.717, 1.165) is 5.56 Å². The van der Waals surface area contributed by atoms with E-state index in [1.54, 1.807) is 17.4 Å². The van der Waals surface area contributed by atoms with Gasteiger partial charge in [0.15, 0.2) is 14.2 Å². The molecule has 1 heterocycles. The lowest BCUT2D eigenvalue weighted by Crippen LogP contribution is -2.12. The quantitative estimate of drug-likeness (QED) is 0.576. The van der Waals surface area contributed by atoms with Crippen molar-refractivity contribution >= 4 is 19.8 Å². The van der Waals surface area contributed by atoms with Crippen LogP contribution in [0.25, 0.3) is 0 Å². The van der Waals surface area contributed by atoms with Crippen molar-refractivity contribution in [2.75, 3.05) is 0 Å². The van der Waals surface area contributed by atoms with Crippen LogP contribution in [0.3, 0.4) is 0 Å². The molecule has 0 spiro atoms. The van der Waals surface area contributed by atoms with E-state index in [0.29, 0.717) is 5.56 Å². The lowest BCUT2D eigenvalue weighted by molar-refractivity contribution is 0.101. The summed E-state index contributed by atoms with van der Waals surface area (Å²) in [5, 5.41) is 8.79. The van der Waals surface area contributed by atoms with Gasteiger partial charge in [-0.2, -0.15) is 0 Å². The summed E-state index contributed by atoms with van der Waals surface area (Å²) in [4.78, 5) is 21.7. The van der Waals surface area contributed by atoms with E-state index in [1.807, 2.05) is 6.92 Å². The molecular weight excluding hydrogens is 184 g/mol. The van der Waals surface area contributed by atoms with Crippen molar-refractivity contribution < 1.29 is 14.7 Å². The molecule has 1 aromatic rings. The molecule has 0 bridgehead atoms. The largest absolute Gasteiger partial charge is 0.482 e. The Bertz CT molecular complexity index is 339. The summed E-state index contributed by atoms with van der Waals surface area (Å²) in [6.07, 6.45) is 0. The molecule has 0 radical (unpaired) electrons. The van der Waals surface area contributed by atoms with Crippen LogP contribution < -0.4 is 0 Å². The molecule has 0 aliphatic carbocycles. The molecule has 0 saturated carbocycles. The highest BCUT2D eigenvalue weighted by molar-refractivity contribution is 6.81. The second kappa shape index (κ2) is 3.61. The number of ketones is 1. The Morgan fingerprint density at radius 2 is 2.00 bits per heavy atom. The maximum absolute atomic E-state index is 11.0. The van der Waals surface area contributed by atoms with Crippen LogP contribution in [0.1, 0.15) is 22.8 Å². The molecule has 0 saturated heterocycles. The van der Waals surface area contributed by atoms with E-state index in [9.17, 15) is 9.59 Å². The topological polar surface area (TPSA) is 54.4 Å². The average molecular weight is 194 g/mol. The fraction of sp³-hybridized carbons (Fsp3) is 0.222. The molecule has 1 aromatic heterocycles. The molecule has 0 fully saturated rings. The Hall–Kier alpha value is -1.29. The third-order valence-electron chi connectivity index (χ3n) is 1.73. The van der Waals surface area contributed by atoms with Crippen molar-refractivity contribution in [3.8, 4) is 0 Å². The minimum atomic E-state index is -1.67. The average Bonchev–Trinajstić information content (AvgIpc) is 2.03. The van der Waals surface area contributed by atoms with Crippen LogP contribution in [0.2, 0.25) is 0 Å². The van der Waals surface area contributed by atoms with Gasteiger partial charge in [0.2, 0.25) is 0 Å². The maximum Gasteiger partial charge on any atom is 0.294 e. The second-order valence-corrected chi connectivity index (χ2v) is 4.86. The molecule has 0 amide bonds. The molecule has 0 atom stereocenters. The van der Waals surface area contributed by atoms with Gasteiger partial charge >= 0.3 is 0 Å². The van der Waals surface area contributed by atoms with Crippen LogP contribution in [0.4, 0.5) is 4.79 Å². The zero-order valence-electron chi connectivity index (χ0n) is 7.50. The van der Waals surface area contributed by atoms with Crippen LogP contribution >= 0.6 is 0 Å². The molecule has 68 valence electrons. The van der Waals surface area contributed by atoms with Crippen molar-refractivity contribution in [1.82, 2.24) is 0 Å². The van der Waals surface area contributed by atoms with E-state index >= 15 is 0 Å². The number of carbonyl (C=O) groups excluding carboxylic acids is 1. The fourth-order valence-electron chi connectivity index (χ4n) is 1.11. The maximum atomic E-state index is 11.0. The number of carboxylic acid groups (broad SMARTS) is 1. The highest BCUT2D eigenvalue weighted by Gasteiger charge is 2.08. The zero-order chi connectivity index (χ0) is 10.0. The van der Waals surface area contributed by atoms with Gasteiger partial charge < -0.3 is 5.11 Å². The number of carbonyl (C=O) groups is 2. The van der Waals surface area contributed by atoms with Gasteiger partial charge in [0.05, 0.1) is 0 Å². The first-order valence-corrected chi connectivity index (χ1v) is 5.52. The van der Waals surface area contributed by atoms with Crippen LogP contribution in [0, 0.1) is 6.92 Å².